The Morgan fingerprint density at radius 3 is 2.56 bits per heavy atom. The van der Waals surface area contributed by atoms with Gasteiger partial charge in [0.15, 0.2) is 0 Å². The molecule has 1 aromatic carbocycles. The molecule has 0 saturated carbocycles. The predicted molar refractivity (Wildman–Crippen MR) is 69.6 cm³/mol. The summed E-state index contributed by atoms with van der Waals surface area (Å²) in [5, 5.41) is 9.22. The van der Waals surface area contributed by atoms with Gasteiger partial charge in [0.1, 0.15) is 0 Å². The molecule has 0 aliphatic carbocycles. The zero-order chi connectivity index (χ0) is 13.2. The van der Waals surface area contributed by atoms with E-state index < -0.39 is 5.97 Å². The molecule has 3 heteroatoms. The van der Waals surface area contributed by atoms with E-state index >= 15 is 0 Å². The molecule has 0 aromatic heterocycles. The molecule has 1 atom stereocenters. The van der Waals surface area contributed by atoms with Crippen LogP contribution >= 0.6 is 0 Å². The van der Waals surface area contributed by atoms with E-state index in [-0.39, 0.29) is 17.4 Å². The van der Waals surface area contributed by atoms with E-state index in [2.05, 4.69) is 0 Å². The number of ether oxygens (including phenoxy) is 1. The van der Waals surface area contributed by atoms with Gasteiger partial charge in [0.2, 0.25) is 0 Å². The molecule has 98 valence electrons. The molecule has 1 aliphatic rings. The quantitative estimate of drug-likeness (QED) is 0.894. The molecule has 1 heterocycles. The molecule has 2 rings (SSSR count). The summed E-state index contributed by atoms with van der Waals surface area (Å²) < 4.78 is 5.73. The third kappa shape index (κ3) is 2.72. The lowest BCUT2D eigenvalue weighted by Crippen LogP contribution is -2.45. The standard InChI is InChI=1S/C15H20O3/c1-14(2)11-15(8-9-18-14,10-13(16)17)12-6-4-3-5-7-12/h3-7H,8-11H2,1-2H3,(H,16,17)/t15-/m1/s1. The number of benzene rings is 1. The molecule has 3 nitrogen and oxygen atoms in total. The lowest BCUT2D eigenvalue weighted by atomic mass is 9.67. The van der Waals surface area contributed by atoms with E-state index in [9.17, 15) is 9.90 Å². The highest BCUT2D eigenvalue weighted by Crippen LogP contribution is 2.43. The maximum absolute atomic E-state index is 11.2. The number of carbonyl (C=O) groups is 1. The Labute approximate surface area is 108 Å². The van der Waals surface area contributed by atoms with Crippen molar-refractivity contribution < 1.29 is 14.6 Å². The van der Waals surface area contributed by atoms with Gasteiger partial charge in [0.05, 0.1) is 12.0 Å². The van der Waals surface area contributed by atoms with Crippen molar-refractivity contribution in [3.8, 4) is 0 Å². The molecular weight excluding hydrogens is 228 g/mol. The molecular formula is C15H20O3. The van der Waals surface area contributed by atoms with Crippen LogP contribution in [-0.4, -0.2) is 23.3 Å². The van der Waals surface area contributed by atoms with Gasteiger partial charge in [-0.25, -0.2) is 0 Å². The Hall–Kier alpha value is -1.35. The predicted octanol–water partition coefficient (Wildman–Crippen LogP) is 2.99. The molecule has 1 aromatic rings. The van der Waals surface area contributed by atoms with Crippen molar-refractivity contribution in [2.24, 2.45) is 0 Å². The van der Waals surface area contributed by atoms with Crippen LogP contribution in [0, 0.1) is 0 Å². The SMILES string of the molecule is CC1(C)C[C@@](CC(=O)O)(c2ccccc2)CCO1. The lowest BCUT2D eigenvalue weighted by molar-refractivity contribution is -0.142. The van der Waals surface area contributed by atoms with E-state index in [1.807, 2.05) is 44.2 Å². The normalized spacial score (nSPS) is 26.8. The first-order chi connectivity index (χ1) is 8.44. The van der Waals surface area contributed by atoms with E-state index in [1.54, 1.807) is 0 Å². The number of rotatable bonds is 3. The van der Waals surface area contributed by atoms with E-state index in [0.29, 0.717) is 6.61 Å². The van der Waals surface area contributed by atoms with Crippen LogP contribution in [0.1, 0.15) is 38.7 Å². The third-order valence-electron chi connectivity index (χ3n) is 3.71. The van der Waals surface area contributed by atoms with E-state index in [0.717, 1.165) is 18.4 Å². The Bertz CT molecular complexity index is 425. The van der Waals surface area contributed by atoms with Gasteiger partial charge >= 0.3 is 5.97 Å². The average Bonchev–Trinajstić information content (AvgIpc) is 2.28. The molecule has 0 amide bonds. The van der Waals surface area contributed by atoms with Crippen LogP contribution < -0.4 is 0 Å². The topological polar surface area (TPSA) is 46.5 Å². The minimum atomic E-state index is -0.739. The Kier molecular flexibility index (Phi) is 3.44. The third-order valence-corrected chi connectivity index (χ3v) is 3.71. The highest BCUT2D eigenvalue weighted by Gasteiger charge is 2.43. The Balaban J connectivity index is 2.38. The summed E-state index contributed by atoms with van der Waals surface area (Å²) >= 11 is 0. The van der Waals surface area contributed by atoms with Gasteiger partial charge in [-0.15, -0.1) is 0 Å². The van der Waals surface area contributed by atoms with Crippen molar-refractivity contribution in [3.05, 3.63) is 35.9 Å². The number of hydrogen-bond donors (Lipinski definition) is 1. The average molecular weight is 248 g/mol. The smallest absolute Gasteiger partial charge is 0.304 e. The maximum atomic E-state index is 11.2. The van der Waals surface area contributed by atoms with Crippen molar-refractivity contribution in [2.75, 3.05) is 6.61 Å². The minimum Gasteiger partial charge on any atom is -0.481 e. The molecule has 1 N–H and O–H groups in total. The first kappa shape index (κ1) is 13.1. The molecule has 1 fully saturated rings. The maximum Gasteiger partial charge on any atom is 0.304 e. The van der Waals surface area contributed by atoms with E-state index in [1.165, 1.54) is 0 Å². The summed E-state index contributed by atoms with van der Waals surface area (Å²) in [6.45, 7) is 4.69. The largest absolute Gasteiger partial charge is 0.481 e. The van der Waals surface area contributed by atoms with Crippen molar-refractivity contribution in [1.29, 1.82) is 0 Å². The van der Waals surface area contributed by atoms with Crippen LogP contribution in [0.3, 0.4) is 0 Å². The van der Waals surface area contributed by atoms with Gasteiger partial charge in [0.25, 0.3) is 0 Å². The molecule has 0 unspecified atom stereocenters. The zero-order valence-electron chi connectivity index (χ0n) is 11.0. The first-order valence-corrected chi connectivity index (χ1v) is 6.35. The summed E-state index contributed by atoms with van der Waals surface area (Å²) in [6.07, 6.45) is 1.69. The van der Waals surface area contributed by atoms with Crippen molar-refractivity contribution in [1.82, 2.24) is 0 Å². The zero-order valence-corrected chi connectivity index (χ0v) is 11.0. The first-order valence-electron chi connectivity index (χ1n) is 6.35. The van der Waals surface area contributed by atoms with Crippen LogP contribution in [0.2, 0.25) is 0 Å². The van der Waals surface area contributed by atoms with Crippen LogP contribution in [-0.2, 0) is 14.9 Å². The molecule has 1 aliphatic heterocycles. The summed E-state index contributed by atoms with van der Waals surface area (Å²) in [7, 11) is 0. The van der Waals surface area contributed by atoms with Crippen LogP contribution in [0.5, 0.6) is 0 Å². The highest BCUT2D eigenvalue weighted by molar-refractivity contribution is 5.69. The highest BCUT2D eigenvalue weighted by atomic mass is 16.5. The summed E-state index contributed by atoms with van der Waals surface area (Å²) in [4.78, 5) is 11.2. The number of aliphatic carboxylic acids is 1. The second kappa shape index (κ2) is 4.73. The van der Waals surface area contributed by atoms with Gasteiger partial charge in [0, 0.05) is 12.0 Å². The van der Waals surface area contributed by atoms with Crippen LogP contribution in [0.15, 0.2) is 30.3 Å². The molecule has 0 radical (unpaired) electrons. The van der Waals surface area contributed by atoms with Crippen LogP contribution in [0.4, 0.5) is 0 Å². The Morgan fingerprint density at radius 2 is 2.00 bits per heavy atom. The van der Waals surface area contributed by atoms with Gasteiger partial charge in [-0.2, -0.15) is 0 Å². The molecule has 1 saturated heterocycles. The van der Waals surface area contributed by atoms with Crippen molar-refractivity contribution in [3.63, 3.8) is 0 Å². The van der Waals surface area contributed by atoms with E-state index in [4.69, 9.17) is 4.74 Å². The summed E-state index contributed by atoms with van der Waals surface area (Å²) in [5.41, 5.74) is 0.557. The molecule has 0 bridgehead atoms. The number of carboxylic acid groups (broad SMARTS) is 1. The fourth-order valence-electron chi connectivity index (χ4n) is 3.06. The fraction of sp³-hybridized carbons (Fsp3) is 0.533. The monoisotopic (exact) mass is 248 g/mol. The fourth-order valence-corrected chi connectivity index (χ4v) is 3.06. The summed E-state index contributed by atoms with van der Waals surface area (Å²) in [6, 6.07) is 9.97. The van der Waals surface area contributed by atoms with Gasteiger partial charge in [-0.3, -0.25) is 4.79 Å². The second-order valence-electron chi connectivity index (χ2n) is 5.75. The van der Waals surface area contributed by atoms with Crippen molar-refractivity contribution >= 4 is 5.97 Å². The summed E-state index contributed by atoms with van der Waals surface area (Å²) in [5.74, 6) is -0.739. The number of carboxylic acids is 1. The Morgan fingerprint density at radius 1 is 1.33 bits per heavy atom. The minimum absolute atomic E-state index is 0.170. The number of hydrogen-bond acceptors (Lipinski definition) is 2. The lowest BCUT2D eigenvalue weighted by Gasteiger charge is -2.44. The van der Waals surface area contributed by atoms with Gasteiger partial charge < -0.3 is 9.84 Å². The van der Waals surface area contributed by atoms with Gasteiger partial charge in [-0.05, 0) is 32.3 Å². The molecule has 0 spiro atoms. The van der Waals surface area contributed by atoms with Crippen LogP contribution in [0.25, 0.3) is 0 Å². The van der Waals surface area contributed by atoms with Crippen molar-refractivity contribution in [2.45, 2.75) is 44.1 Å². The molecule has 18 heavy (non-hydrogen) atoms. The van der Waals surface area contributed by atoms with Gasteiger partial charge in [-0.1, -0.05) is 30.3 Å². The second-order valence-corrected chi connectivity index (χ2v) is 5.75.